The molecule has 1 aromatic rings. The highest BCUT2D eigenvalue weighted by atomic mass is 16.5. The van der Waals surface area contributed by atoms with Crippen molar-refractivity contribution in [3.05, 3.63) is 11.7 Å². The highest BCUT2D eigenvalue weighted by molar-refractivity contribution is 5.90. The lowest BCUT2D eigenvalue weighted by molar-refractivity contribution is 0.0937. The van der Waals surface area contributed by atoms with Crippen molar-refractivity contribution in [2.45, 2.75) is 38.1 Å². The first-order chi connectivity index (χ1) is 8.81. The Balaban J connectivity index is 1.56. The summed E-state index contributed by atoms with van der Waals surface area (Å²) >= 11 is 0. The van der Waals surface area contributed by atoms with E-state index < -0.39 is 0 Å². The SMILES string of the molecule is O=C(NC1CC1)c1noc(CC2CCCNC2)n1. The van der Waals surface area contributed by atoms with Gasteiger partial charge in [-0.1, -0.05) is 5.16 Å². The fourth-order valence-corrected chi connectivity index (χ4v) is 2.25. The van der Waals surface area contributed by atoms with E-state index in [1.165, 1.54) is 12.8 Å². The number of hydrogen-bond donors (Lipinski definition) is 2. The van der Waals surface area contributed by atoms with Gasteiger partial charge in [0.05, 0.1) is 0 Å². The summed E-state index contributed by atoms with van der Waals surface area (Å²) in [5.41, 5.74) is 0. The van der Waals surface area contributed by atoms with Crippen molar-refractivity contribution >= 4 is 5.91 Å². The molecule has 0 spiro atoms. The van der Waals surface area contributed by atoms with Gasteiger partial charge in [-0.3, -0.25) is 4.79 Å². The highest BCUT2D eigenvalue weighted by Crippen LogP contribution is 2.19. The van der Waals surface area contributed by atoms with Crippen molar-refractivity contribution in [3.63, 3.8) is 0 Å². The molecule has 1 saturated heterocycles. The molecule has 6 nitrogen and oxygen atoms in total. The minimum atomic E-state index is -0.214. The van der Waals surface area contributed by atoms with Crippen LogP contribution < -0.4 is 10.6 Å². The topological polar surface area (TPSA) is 80.0 Å². The number of piperidine rings is 1. The predicted octanol–water partition coefficient (Wildman–Crippen LogP) is 0.504. The van der Waals surface area contributed by atoms with Crippen molar-refractivity contribution in [2.75, 3.05) is 13.1 Å². The van der Waals surface area contributed by atoms with Crippen molar-refractivity contribution in [2.24, 2.45) is 5.92 Å². The summed E-state index contributed by atoms with van der Waals surface area (Å²) in [4.78, 5) is 15.9. The van der Waals surface area contributed by atoms with Gasteiger partial charge in [0.15, 0.2) is 0 Å². The van der Waals surface area contributed by atoms with E-state index in [2.05, 4.69) is 20.8 Å². The molecular weight excluding hydrogens is 232 g/mol. The molecule has 18 heavy (non-hydrogen) atoms. The number of nitrogens with one attached hydrogen (secondary N) is 2. The molecule has 2 N–H and O–H groups in total. The van der Waals surface area contributed by atoms with Crippen molar-refractivity contribution < 1.29 is 9.32 Å². The summed E-state index contributed by atoms with van der Waals surface area (Å²) < 4.78 is 5.14. The van der Waals surface area contributed by atoms with E-state index in [0.717, 1.165) is 32.4 Å². The van der Waals surface area contributed by atoms with Crippen LogP contribution in [-0.2, 0) is 6.42 Å². The van der Waals surface area contributed by atoms with Gasteiger partial charge in [0.25, 0.3) is 11.7 Å². The molecule has 2 aliphatic rings. The molecule has 0 radical (unpaired) electrons. The number of carbonyl (C=O) groups excluding carboxylic acids is 1. The molecule has 2 fully saturated rings. The fraction of sp³-hybridized carbons (Fsp3) is 0.750. The van der Waals surface area contributed by atoms with Crippen molar-refractivity contribution in [3.8, 4) is 0 Å². The Hall–Kier alpha value is -1.43. The van der Waals surface area contributed by atoms with E-state index in [1.807, 2.05) is 0 Å². The summed E-state index contributed by atoms with van der Waals surface area (Å²) in [5.74, 6) is 1.07. The summed E-state index contributed by atoms with van der Waals surface area (Å²) in [6.45, 7) is 2.08. The smallest absolute Gasteiger partial charge is 0.292 e. The first-order valence-electron chi connectivity index (χ1n) is 6.65. The second-order valence-electron chi connectivity index (χ2n) is 5.18. The molecule has 2 heterocycles. The Labute approximate surface area is 106 Å². The molecule has 0 aromatic carbocycles. The monoisotopic (exact) mass is 250 g/mol. The van der Waals surface area contributed by atoms with Crippen LogP contribution >= 0.6 is 0 Å². The molecule has 3 rings (SSSR count). The average molecular weight is 250 g/mol. The number of rotatable bonds is 4. The molecule has 1 atom stereocenters. The minimum absolute atomic E-state index is 0.167. The van der Waals surface area contributed by atoms with Gasteiger partial charge in [-0.2, -0.15) is 4.98 Å². The van der Waals surface area contributed by atoms with E-state index >= 15 is 0 Å². The average Bonchev–Trinajstić information content (AvgIpc) is 3.07. The Morgan fingerprint density at radius 1 is 1.44 bits per heavy atom. The highest BCUT2D eigenvalue weighted by Gasteiger charge is 2.26. The van der Waals surface area contributed by atoms with Crippen LogP contribution in [0.5, 0.6) is 0 Å². The third-order valence-electron chi connectivity index (χ3n) is 3.45. The van der Waals surface area contributed by atoms with Crippen LogP contribution in [0.2, 0.25) is 0 Å². The van der Waals surface area contributed by atoms with Crippen molar-refractivity contribution in [1.82, 2.24) is 20.8 Å². The predicted molar refractivity (Wildman–Crippen MR) is 64.1 cm³/mol. The molecular formula is C12H18N4O2. The first-order valence-corrected chi connectivity index (χ1v) is 6.65. The van der Waals surface area contributed by atoms with E-state index in [1.54, 1.807) is 0 Å². The molecule has 6 heteroatoms. The minimum Gasteiger partial charge on any atom is -0.346 e. The summed E-state index contributed by atoms with van der Waals surface area (Å²) in [6.07, 6.45) is 5.25. The molecule has 1 saturated carbocycles. The zero-order chi connectivity index (χ0) is 12.4. The van der Waals surface area contributed by atoms with E-state index in [0.29, 0.717) is 17.9 Å². The third kappa shape index (κ3) is 2.87. The summed E-state index contributed by atoms with van der Waals surface area (Å²) in [7, 11) is 0. The maximum atomic E-state index is 11.7. The van der Waals surface area contributed by atoms with Gasteiger partial charge in [0, 0.05) is 12.5 Å². The zero-order valence-corrected chi connectivity index (χ0v) is 10.3. The van der Waals surface area contributed by atoms with Crippen LogP contribution in [0.4, 0.5) is 0 Å². The maximum absolute atomic E-state index is 11.7. The molecule has 0 bridgehead atoms. The third-order valence-corrected chi connectivity index (χ3v) is 3.45. The molecule has 1 aliphatic carbocycles. The van der Waals surface area contributed by atoms with Gasteiger partial charge in [0.1, 0.15) is 0 Å². The van der Waals surface area contributed by atoms with Gasteiger partial charge in [-0.25, -0.2) is 0 Å². The Bertz CT molecular complexity index is 421. The second kappa shape index (κ2) is 5.06. The largest absolute Gasteiger partial charge is 0.346 e. The van der Waals surface area contributed by atoms with Crippen LogP contribution in [0.3, 0.4) is 0 Å². The van der Waals surface area contributed by atoms with Crippen molar-refractivity contribution in [1.29, 1.82) is 0 Å². The van der Waals surface area contributed by atoms with Gasteiger partial charge in [-0.15, -0.1) is 0 Å². The Kier molecular flexibility index (Phi) is 3.27. The quantitative estimate of drug-likeness (QED) is 0.813. The molecule has 1 aromatic heterocycles. The van der Waals surface area contributed by atoms with Gasteiger partial charge >= 0.3 is 0 Å². The van der Waals surface area contributed by atoms with Gasteiger partial charge in [0.2, 0.25) is 5.89 Å². The Morgan fingerprint density at radius 3 is 3.06 bits per heavy atom. The van der Waals surface area contributed by atoms with Crippen LogP contribution in [0.1, 0.15) is 42.2 Å². The van der Waals surface area contributed by atoms with Crippen LogP contribution in [0, 0.1) is 5.92 Å². The van der Waals surface area contributed by atoms with Gasteiger partial charge < -0.3 is 15.2 Å². The lowest BCUT2D eigenvalue weighted by Crippen LogP contribution is -2.31. The standard InChI is InChI=1S/C12H18N4O2/c17-12(14-9-3-4-9)11-15-10(18-16-11)6-8-2-1-5-13-7-8/h8-9,13H,1-7H2,(H,14,17). The number of hydrogen-bond acceptors (Lipinski definition) is 5. The van der Waals surface area contributed by atoms with Crippen LogP contribution in [-0.4, -0.2) is 35.2 Å². The maximum Gasteiger partial charge on any atom is 0.292 e. The van der Waals surface area contributed by atoms with Crippen LogP contribution in [0.15, 0.2) is 4.52 Å². The normalized spacial score (nSPS) is 23.9. The fourth-order valence-electron chi connectivity index (χ4n) is 2.25. The summed E-state index contributed by atoms with van der Waals surface area (Å²) in [6, 6.07) is 0.321. The lowest BCUT2D eigenvalue weighted by atomic mass is 9.96. The van der Waals surface area contributed by atoms with E-state index in [-0.39, 0.29) is 11.7 Å². The summed E-state index contributed by atoms with van der Waals surface area (Å²) in [5, 5.41) is 9.94. The molecule has 1 unspecified atom stereocenters. The molecule has 98 valence electrons. The van der Waals surface area contributed by atoms with E-state index in [4.69, 9.17) is 4.52 Å². The number of amides is 1. The first kappa shape index (κ1) is 11.6. The lowest BCUT2D eigenvalue weighted by Gasteiger charge is -2.20. The van der Waals surface area contributed by atoms with Gasteiger partial charge in [-0.05, 0) is 44.7 Å². The Morgan fingerprint density at radius 2 is 2.33 bits per heavy atom. The molecule has 1 amide bonds. The zero-order valence-electron chi connectivity index (χ0n) is 10.3. The number of aromatic nitrogens is 2. The van der Waals surface area contributed by atoms with E-state index in [9.17, 15) is 4.79 Å². The van der Waals surface area contributed by atoms with Crippen LogP contribution in [0.25, 0.3) is 0 Å². The second-order valence-corrected chi connectivity index (χ2v) is 5.18. The molecule has 1 aliphatic heterocycles. The number of carbonyl (C=O) groups is 1. The number of nitrogens with zero attached hydrogens (tertiary/aromatic N) is 2.